The third-order valence-corrected chi connectivity index (χ3v) is 4.26. The normalized spacial score (nSPS) is 17.0. The molecule has 1 fully saturated rings. The van der Waals surface area contributed by atoms with Gasteiger partial charge in [-0.25, -0.2) is 0 Å². The summed E-state index contributed by atoms with van der Waals surface area (Å²) in [5.74, 6) is 0.821. The van der Waals surface area contributed by atoms with Crippen molar-refractivity contribution in [3.63, 3.8) is 0 Å². The van der Waals surface area contributed by atoms with Crippen molar-refractivity contribution < 1.29 is 9.47 Å². The predicted octanol–water partition coefficient (Wildman–Crippen LogP) is 2.62. The number of hydrogen-bond acceptors (Lipinski definition) is 4. The lowest BCUT2D eigenvalue weighted by Crippen LogP contribution is -2.37. The molecule has 7 heteroatoms. The third kappa shape index (κ3) is 10.3. The van der Waals surface area contributed by atoms with Crippen LogP contribution in [0.25, 0.3) is 0 Å². The zero-order valence-corrected chi connectivity index (χ0v) is 19.2. The van der Waals surface area contributed by atoms with Crippen LogP contribution in [-0.2, 0) is 22.6 Å². The molecule has 2 N–H and O–H groups in total. The van der Waals surface area contributed by atoms with Gasteiger partial charge in [0.15, 0.2) is 5.96 Å². The summed E-state index contributed by atoms with van der Waals surface area (Å²) in [5, 5.41) is 6.70. The molecule has 27 heavy (non-hydrogen) atoms. The fourth-order valence-corrected chi connectivity index (χ4v) is 2.98. The van der Waals surface area contributed by atoms with Crippen LogP contribution in [0.1, 0.15) is 30.4 Å². The highest BCUT2D eigenvalue weighted by Crippen LogP contribution is 2.11. The Morgan fingerprint density at radius 2 is 2.11 bits per heavy atom. The highest BCUT2D eigenvalue weighted by atomic mass is 127. The van der Waals surface area contributed by atoms with E-state index in [1.165, 1.54) is 11.1 Å². The number of hydrogen-bond donors (Lipinski definition) is 2. The summed E-state index contributed by atoms with van der Waals surface area (Å²) in [4.78, 5) is 6.45. The number of ether oxygens (including phenoxy) is 2. The smallest absolute Gasteiger partial charge is 0.191 e. The maximum absolute atomic E-state index is 5.68. The monoisotopic (exact) mass is 490 g/mol. The van der Waals surface area contributed by atoms with Crippen molar-refractivity contribution in [3.05, 3.63) is 35.4 Å². The second kappa shape index (κ2) is 14.1. The molecule has 1 atom stereocenters. The molecule has 1 aliphatic heterocycles. The van der Waals surface area contributed by atoms with E-state index in [0.29, 0.717) is 6.10 Å². The molecule has 1 aliphatic rings. The van der Waals surface area contributed by atoms with Crippen LogP contribution in [0, 0.1) is 0 Å². The van der Waals surface area contributed by atoms with Crippen molar-refractivity contribution in [1.29, 1.82) is 0 Å². The van der Waals surface area contributed by atoms with E-state index in [1.54, 1.807) is 7.05 Å². The van der Waals surface area contributed by atoms with Gasteiger partial charge in [0.05, 0.1) is 12.7 Å². The highest BCUT2D eigenvalue weighted by molar-refractivity contribution is 14.0. The number of rotatable bonds is 10. The number of guanidine groups is 1. The first-order valence-electron chi connectivity index (χ1n) is 9.54. The molecule has 0 spiro atoms. The number of halogens is 1. The summed E-state index contributed by atoms with van der Waals surface area (Å²) >= 11 is 0. The van der Waals surface area contributed by atoms with Crippen molar-refractivity contribution in [2.45, 2.75) is 38.5 Å². The zero-order valence-electron chi connectivity index (χ0n) is 16.9. The minimum atomic E-state index is 0. The Kier molecular flexibility index (Phi) is 12.6. The van der Waals surface area contributed by atoms with Crippen molar-refractivity contribution in [2.24, 2.45) is 4.99 Å². The van der Waals surface area contributed by atoms with E-state index >= 15 is 0 Å². The molecule has 1 unspecified atom stereocenters. The minimum Gasteiger partial charge on any atom is -0.379 e. The van der Waals surface area contributed by atoms with Crippen molar-refractivity contribution in [2.75, 3.05) is 47.5 Å². The molecule has 1 heterocycles. The van der Waals surface area contributed by atoms with E-state index in [-0.39, 0.29) is 24.0 Å². The van der Waals surface area contributed by atoms with E-state index in [9.17, 15) is 0 Å². The maximum atomic E-state index is 5.68. The number of nitrogens with zero attached hydrogens (tertiary/aromatic N) is 2. The Labute approximate surface area is 181 Å². The summed E-state index contributed by atoms with van der Waals surface area (Å²) in [6, 6.07) is 8.64. The molecule has 1 aromatic carbocycles. The van der Waals surface area contributed by atoms with Crippen molar-refractivity contribution in [3.8, 4) is 0 Å². The van der Waals surface area contributed by atoms with Gasteiger partial charge in [0.25, 0.3) is 0 Å². The largest absolute Gasteiger partial charge is 0.379 e. The Morgan fingerprint density at radius 1 is 1.30 bits per heavy atom. The summed E-state index contributed by atoms with van der Waals surface area (Å²) in [5.41, 5.74) is 2.58. The first-order chi connectivity index (χ1) is 12.7. The minimum absolute atomic E-state index is 0. The molecular weight excluding hydrogens is 455 g/mol. The standard InChI is InChI=1S/C20H34N4O2.HI/c1-21-20(22-10-6-11-25-16-19-9-5-12-26-19)23-14-17-7-4-8-18(13-17)15-24(2)3;/h4,7-8,13,19H,5-6,9-12,14-16H2,1-3H3,(H2,21,22,23);1H. The predicted molar refractivity (Wildman–Crippen MR) is 122 cm³/mol. The average Bonchev–Trinajstić information content (AvgIpc) is 3.13. The lowest BCUT2D eigenvalue weighted by Gasteiger charge is -2.14. The van der Waals surface area contributed by atoms with Crippen LogP contribution >= 0.6 is 24.0 Å². The number of aliphatic imine (C=N–C) groups is 1. The first-order valence-corrected chi connectivity index (χ1v) is 9.54. The Morgan fingerprint density at radius 3 is 2.81 bits per heavy atom. The van der Waals surface area contributed by atoms with E-state index in [0.717, 1.165) is 64.7 Å². The third-order valence-electron chi connectivity index (χ3n) is 4.26. The molecule has 6 nitrogen and oxygen atoms in total. The molecular formula is C20H35IN4O2. The second-order valence-corrected chi connectivity index (χ2v) is 6.97. The lowest BCUT2D eigenvalue weighted by molar-refractivity contribution is 0.0168. The van der Waals surface area contributed by atoms with E-state index < -0.39 is 0 Å². The molecule has 0 bridgehead atoms. The van der Waals surface area contributed by atoms with Crippen LogP contribution in [0.3, 0.4) is 0 Å². The quantitative estimate of drug-likeness (QED) is 0.229. The van der Waals surface area contributed by atoms with Crippen LogP contribution in [0.4, 0.5) is 0 Å². The molecule has 0 radical (unpaired) electrons. The molecule has 0 amide bonds. The lowest BCUT2D eigenvalue weighted by atomic mass is 10.1. The maximum Gasteiger partial charge on any atom is 0.191 e. The molecule has 1 aromatic rings. The van der Waals surface area contributed by atoms with Crippen molar-refractivity contribution >= 4 is 29.9 Å². The first kappa shape index (κ1) is 24.1. The highest BCUT2D eigenvalue weighted by Gasteiger charge is 2.14. The van der Waals surface area contributed by atoms with Gasteiger partial charge in [-0.2, -0.15) is 0 Å². The molecule has 0 saturated carbocycles. The number of benzene rings is 1. The molecule has 2 rings (SSSR count). The van der Waals surface area contributed by atoms with Gasteiger partial charge in [-0.05, 0) is 44.5 Å². The summed E-state index contributed by atoms with van der Waals surface area (Å²) in [6.45, 7) is 4.90. The Bertz CT molecular complexity index is 549. The van der Waals surface area contributed by atoms with Gasteiger partial charge >= 0.3 is 0 Å². The van der Waals surface area contributed by atoms with Crippen LogP contribution in [0.2, 0.25) is 0 Å². The van der Waals surface area contributed by atoms with Gasteiger partial charge in [0.1, 0.15) is 0 Å². The van der Waals surface area contributed by atoms with Crippen LogP contribution < -0.4 is 10.6 Å². The molecule has 0 aliphatic carbocycles. The van der Waals surface area contributed by atoms with Gasteiger partial charge in [-0.1, -0.05) is 24.3 Å². The molecule has 1 saturated heterocycles. The Balaban J connectivity index is 0.00000364. The van der Waals surface area contributed by atoms with Gasteiger partial charge in [0, 0.05) is 39.9 Å². The van der Waals surface area contributed by atoms with Crippen LogP contribution in [0.5, 0.6) is 0 Å². The van der Waals surface area contributed by atoms with Crippen LogP contribution in [0.15, 0.2) is 29.3 Å². The SMILES string of the molecule is CN=C(NCCCOCC1CCCO1)NCc1cccc(CN(C)C)c1.I. The fourth-order valence-electron chi connectivity index (χ4n) is 2.98. The topological polar surface area (TPSA) is 58.1 Å². The zero-order chi connectivity index (χ0) is 18.6. The van der Waals surface area contributed by atoms with Gasteiger partial charge in [-0.15, -0.1) is 24.0 Å². The average molecular weight is 490 g/mol. The summed E-state index contributed by atoms with van der Waals surface area (Å²) in [7, 11) is 5.97. The van der Waals surface area contributed by atoms with Gasteiger partial charge in [0.2, 0.25) is 0 Å². The van der Waals surface area contributed by atoms with E-state index in [2.05, 4.69) is 58.9 Å². The fraction of sp³-hybridized carbons (Fsp3) is 0.650. The Hall–Kier alpha value is -0.900. The second-order valence-electron chi connectivity index (χ2n) is 6.97. The summed E-state index contributed by atoms with van der Waals surface area (Å²) in [6.07, 6.45) is 3.55. The van der Waals surface area contributed by atoms with Crippen LogP contribution in [-0.4, -0.2) is 64.5 Å². The molecule has 154 valence electrons. The van der Waals surface area contributed by atoms with Gasteiger partial charge in [-0.3, -0.25) is 4.99 Å². The number of nitrogens with one attached hydrogen (secondary N) is 2. The van der Waals surface area contributed by atoms with E-state index in [4.69, 9.17) is 9.47 Å². The summed E-state index contributed by atoms with van der Waals surface area (Å²) < 4.78 is 11.2. The van der Waals surface area contributed by atoms with E-state index in [1.807, 2.05) is 0 Å². The van der Waals surface area contributed by atoms with Crippen molar-refractivity contribution in [1.82, 2.24) is 15.5 Å². The molecule has 0 aromatic heterocycles. The van der Waals surface area contributed by atoms with Gasteiger partial charge < -0.3 is 25.0 Å².